The van der Waals surface area contributed by atoms with Gasteiger partial charge >= 0.3 is 4.87 Å². The number of thiazole rings is 1. The summed E-state index contributed by atoms with van der Waals surface area (Å²) in [7, 11) is -3.90. The van der Waals surface area contributed by atoms with Gasteiger partial charge in [0.2, 0.25) is 0 Å². The van der Waals surface area contributed by atoms with E-state index in [4.69, 9.17) is 0 Å². The first-order chi connectivity index (χ1) is 11.7. The third kappa shape index (κ3) is 3.27. The van der Waals surface area contributed by atoms with Crippen LogP contribution in [0.1, 0.15) is 5.56 Å². The minimum absolute atomic E-state index is 0.164. The van der Waals surface area contributed by atoms with E-state index in [1.807, 2.05) is 13.0 Å². The van der Waals surface area contributed by atoms with Crippen molar-refractivity contribution in [2.75, 3.05) is 6.26 Å². The quantitative estimate of drug-likeness (QED) is 0.697. The molecule has 0 aliphatic rings. The summed E-state index contributed by atoms with van der Waals surface area (Å²) in [4.78, 5) is 11.1. The lowest BCUT2D eigenvalue weighted by Crippen LogP contribution is -2.12. The van der Waals surface area contributed by atoms with Gasteiger partial charge < -0.3 is 0 Å². The zero-order chi connectivity index (χ0) is 18.4. The Hall–Kier alpha value is -2.32. The third-order valence-corrected chi connectivity index (χ3v) is 5.49. The fourth-order valence-corrected chi connectivity index (χ4v) is 4.00. The summed E-state index contributed by atoms with van der Waals surface area (Å²) < 4.78 is 53.0. The highest BCUT2D eigenvalue weighted by Gasteiger charge is 2.21. The molecular formula is C17H13F2NO3S2. The monoisotopic (exact) mass is 381 g/mol. The van der Waals surface area contributed by atoms with Crippen molar-refractivity contribution < 1.29 is 17.2 Å². The summed E-state index contributed by atoms with van der Waals surface area (Å²) in [5, 5.41) is 1.42. The normalized spacial score (nSPS) is 11.7. The molecule has 25 heavy (non-hydrogen) atoms. The summed E-state index contributed by atoms with van der Waals surface area (Å²) in [6.45, 7) is 1.85. The van der Waals surface area contributed by atoms with E-state index in [0.29, 0.717) is 11.8 Å². The van der Waals surface area contributed by atoms with E-state index in [0.717, 1.165) is 29.2 Å². The Morgan fingerprint density at radius 3 is 2.44 bits per heavy atom. The number of aromatic nitrogens is 1. The molecule has 0 atom stereocenters. The minimum atomic E-state index is -3.90. The van der Waals surface area contributed by atoms with E-state index >= 15 is 0 Å². The molecule has 0 fully saturated rings. The standard InChI is InChI=1S/C17H13F2NO3S2/c1-10-4-3-5-11(6-10)20-15(9-24-17(20)21)12-7-14(19)16(8-13(12)18)25(2,22)23/h3-9H,1-2H3. The van der Waals surface area contributed by atoms with Gasteiger partial charge in [-0.25, -0.2) is 17.2 Å². The lowest BCUT2D eigenvalue weighted by atomic mass is 10.1. The van der Waals surface area contributed by atoms with Crippen molar-refractivity contribution >= 4 is 21.2 Å². The van der Waals surface area contributed by atoms with Gasteiger partial charge in [-0.3, -0.25) is 9.36 Å². The zero-order valence-electron chi connectivity index (χ0n) is 13.3. The van der Waals surface area contributed by atoms with Crippen molar-refractivity contribution in [3.05, 3.63) is 68.6 Å². The molecule has 3 aromatic rings. The Kier molecular flexibility index (Phi) is 4.34. The van der Waals surface area contributed by atoms with Crippen molar-refractivity contribution in [2.24, 2.45) is 0 Å². The number of hydrogen-bond acceptors (Lipinski definition) is 4. The van der Waals surface area contributed by atoms with Gasteiger partial charge in [-0.15, -0.1) is 0 Å². The fraction of sp³-hybridized carbons (Fsp3) is 0.118. The van der Waals surface area contributed by atoms with Crippen molar-refractivity contribution in [1.29, 1.82) is 0 Å². The second kappa shape index (κ2) is 6.20. The van der Waals surface area contributed by atoms with Gasteiger partial charge in [0.1, 0.15) is 16.5 Å². The smallest absolute Gasteiger partial charge is 0.267 e. The lowest BCUT2D eigenvalue weighted by Gasteiger charge is -2.11. The molecule has 1 aromatic heterocycles. The maximum atomic E-state index is 14.5. The van der Waals surface area contributed by atoms with E-state index in [-0.39, 0.29) is 16.1 Å². The maximum Gasteiger partial charge on any atom is 0.312 e. The maximum absolute atomic E-state index is 14.5. The number of benzene rings is 2. The molecule has 2 aromatic carbocycles. The first-order valence-corrected chi connectivity index (χ1v) is 9.92. The Balaban J connectivity index is 2.26. The van der Waals surface area contributed by atoms with Crippen LogP contribution in [-0.2, 0) is 9.84 Å². The van der Waals surface area contributed by atoms with Crippen LogP contribution in [0.2, 0.25) is 0 Å². The summed E-state index contributed by atoms with van der Waals surface area (Å²) in [5.74, 6) is -1.98. The van der Waals surface area contributed by atoms with E-state index in [1.54, 1.807) is 18.2 Å². The molecule has 0 aliphatic carbocycles. The number of aryl methyl sites for hydroxylation is 1. The van der Waals surface area contributed by atoms with Crippen molar-refractivity contribution in [3.63, 3.8) is 0 Å². The van der Waals surface area contributed by atoms with Crippen LogP contribution >= 0.6 is 11.3 Å². The highest BCUT2D eigenvalue weighted by molar-refractivity contribution is 7.90. The zero-order valence-corrected chi connectivity index (χ0v) is 14.9. The van der Waals surface area contributed by atoms with Crippen molar-refractivity contribution in [3.8, 4) is 16.9 Å². The van der Waals surface area contributed by atoms with Crippen molar-refractivity contribution in [2.45, 2.75) is 11.8 Å². The first kappa shape index (κ1) is 17.5. The molecule has 8 heteroatoms. The van der Waals surface area contributed by atoms with Crippen LogP contribution in [0.5, 0.6) is 0 Å². The van der Waals surface area contributed by atoms with Crippen LogP contribution in [0.4, 0.5) is 8.78 Å². The molecule has 0 unspecified atom stereocenters. The first-order valence-electron chi connectivity index (χ1n) is 7.15. The summed E-state index contributed by atoms with van der Waals surface area (Å²) in [6, 6.07) is 8.48. The van der Waals surface area contributed by atoms with Crippen LogP contribution in [0, 0.1) is 18.6 Å². The van der Waals surface area contributed by atoms with Gasteiger partial charge in [-0.05, 0) is 36.8 Å². The molecule has 130 valence electrons. The molecule has 0 aliphatic heterocycles. The predicted molar refractivity (Wildman–Crippen MR) is 93.1 cm³/mol. The number of halogens is 2. The number of sulfone groups is 1. The van der Waals surface area contributed by atoms with Crippen LogP contribution < -0.4 is 4.87 Å². The van der Waals surface area contributed by atoms with E-state index in [9.17, 15) is 22.0 Å². The molecule has 1 heterocycles. The van der Waals surface area contributed by atoms with Crippen molar-refractivity contribution in [1.82, 2.24) is 4.57 Å². The average Bonchev–Trinajstić information content (AvgIpc) is 2.89. The largest absolute Gasteiger partial charge is 0.312 e. The van der Waals surface area contributed by atoms with Crippen LogP contribution in [-0.4, -0.2) is 19.2 Å². The second-order valence-corrected chi connectivity index (χ2v) is 8.40. The molecule has 3 rings (SSSR count). The van der Waals surface area contributed by atoms with Gasteiger partial charge in [0.05, 0.1) is 11.4 Å². The van der Waals surface area contributed by atoms with Gasteiger partial charge in [0.15, 0.2) is 9.84 Å². The molecule has 0 saturated carbocycles. The summed E-state index contributed by atoms with van der Waals surface area (Å²) in [6.07, 6.45) is 0.803. The molecule has 0 spiro atoms. The minimum Gasteiger partial charge on any atom is -0.267 e. The highest BCUT2D eigenvalue weighted by atomic mass is 32.2. The Morgan fingerprint density at radius 2 is 1.80 bits per heavy atom. The topological polar surface area (TPSA) is 56.1 Å². The molecule has 4 nitrogen and oxygen atoms in total. The second-order valence-electron chi connectivity index (χ2n) is 5.60. The predicted octanol–water partition coefficient (Wildman–Crippen LogP) is 3.56. The SMILES string of the molecule is Cc1cccc(-n2c(-c3cc(F)c(S(C)(=O)=O)cc3F)csc2=O)c1. The van der Waals surface area contributed by atoms with Gasteiger partial charge in [0, 0.05) is 17.2 Å². The van der Waals surface area contributed by atoms with Crippen LogP contribution in [0.15, 0.2) is 51.5 Å². The third-order valence-electron chi connectivity index (χ3n) is 3.65. The van der Waals surface area contributed by atoms with Gasteiger partial charge in [-0.2, -0.15) is 0 Å². The number of rotatable bonds is 3. The fourth-order valence-electron chi connectivity index (χ4n) is 2.51. The lowest BCUT2D eigenvalue weighted by molar-refractivity contribution is 0.557. The molecule has 0 N–H and O–H groups in total. The van der Waals surface area contributed by atoms with E-state index in [1.165, 1.54) is 9.95 Å². The molecule has 0 saturated heterocycles. The Morgan fingerprint density at radius 1 is 1.08 bits per heavy atom. The van der Waals surface area contributed by atoms with Crippen LogP contribution in [0.3, 0.4) is 0 Å². The summed E-state index contributed by atoms with van der Waals surface area (Å²) in [5.41, 5.74) is 1.41. The molecule has 0 radical (unpaired) electrons. The highest BCUT2D eigenvalue weighted by Crippen LogP contribution is 2.29. The Bertz CT molecular complexity index is 1130. The number of nitrogens with zero attached hydrogens (tertiary/aromatic N) is 1. The van der Waals surface area contributed by atoms with Gasteiger partial charge in [-0.1, -0.05) is 23.5 Å². The van der Waals surface area contributed by atoms with Crippen LogP contribution in [0.25, 0.3) is 16.9 Å². The van der Waals surface area contributed by atoms with E-state index < -0.39 is 26.4 Å². The summed E-state index contributed by atoms with van der Waals surface area (Å²) >= 11 is 0.851. The molecule has 0 amide bonds. The average molecular weight is 381 g/mol. The molecular weight excluding hydrogens is 368 g/mol. The Labute approximate surface area is 146 Å². The number of hydrogen-bond donors (Lipinski definition) is 0. The van der Waals surface area contributed by atoms with Gasteiger partial charge in [0.25, 0.3) is 0 Å². The van der Waals surface area contributed by atoms with E-state index in [2.05, 4.69) is 0 Å². The molecule has 0 bridgehead atoms.